The molecule has 1 fully saturated rings. The number of carbonyl (C=O) groups excluding carboxylic acids is 1. The van der Waals surface area contributed by atoms with E-state index in [1.807, 2.05) is 24.0 Å². The highest BCUT2D eigenvalue weighted by atomic mass is 19.1. The number of piperazine rings is 1. The van der Waals surface area contributed by atoms with Gasteiger partial charge in [0.25, 0.3) is 0 Å². The quantitative estimate of drug-likeness (QED) is 0.914. The first-order valence-electron chi connectivity index (χ1n) is 8.73. The Kier molecular flexibility index (Phi) is 5.22. The maximum absolute atomic E-state index is 13.0. The summed E-state index contributed by atoms with van der Waals surface area (Å²) < 4.78 is 13.0. The van der Waals surface area contributed by atoms with Gasteiger partial charge in [-0.3, -0.25) is 0 Å². The molecule has 0 saturated carbocycles. The largest absolute Gasteiger partial charge is 0.368 e. The van der Waals surface area contributed by atoms with E-state index in [1.54, 1.807) is 12.1 Å². The number of hydrogen-bond acceptors (Lipinski definition) is 2. The number of amides is 2. The zero-order valence-electron chi connectivity index (χ0n) is 14.8. The number of anilines is 2. The van der Waals surface area contributed by atoms with Crippen molar-refractivity contribution in [3.63, 3.8) is 0 Å². The van der Waals surface area contributed by atoms with Gasteiger partial charge in [0.1, 0.15) is 5.82 Å². The number of urea groups is 1. The second kappa shape index (κ2) is 7.55. The number of para-hydroxylation sites is 1. The molecule has 1 saturated heterocycles. The lowest BCUT2D eigenvalue weighted by molar-refractivity contribution is 0.208. The van der Waals surface area contributed by atoms with E-state index in [2.05, 4.69) is 23.2 Å². The number of aryl methyl sites for hydroxylation is 2. The molecule has 0 atom stereocenters. The number of hydrogen-bond donors (Lipinski definition) is 1. The van der Waals surface area contributed by atoms with Crippen molar-refractivity contribution in [3.05, 3.63) is 59.4 Å². The molecule has 1 aliphatic rings. The maximum atomic E-state index is 13.0. The van der Waals surface area contributed by atoms with Crippen LogP contribution in [0.1, 0.15) is 18.1 Å². The zero-order chi connectivity index (χ0) is 17.8. The smallest absolute Gasteiger partial charge is 0.321 e. The van der Waals surface area contributed by atoms with Crippen molar-refractivity contribution in [1.29, 1.82) is 0 Å². The van der Waals surface area contributed by atoms with Crippen LogP contribution in [0.5, 0.6) is 0 Å². The van der Waals surface area contributed by atoms with Gasteiger partial charge in [-0.25, -0.2) is 9.18 Å². The van der Waals surface area contributed by atoms with E-state index in [4.69, 9.17) is 0 Å². The van der Waals surface area contributed by atoms with E-state index in [1.165, 1.54) is 12.1 Å². The summed E-state index contributed by atoms with van der Waals surface area (Å²) in [5, 5.41) is 3.08. The van der Waals surface area contributed by atoms with Crippen LogP contribution >= 0.6 is 0 Å². The predicted molar refractivity (Wildman–Crippen MR) is 99.8 cm³/mol. The predicted octanol–water partition coefficient (Wildman–Crippen LogP) is 4.05. The molecule has 2 aromatic rings. The summed E-state index contributed by atoms with van der Waals surface area (Å²) in [6.07, 6.45) is 0.885. The molecule has 0 radical (unpaired) electrons. The first-order valence-corrected chi connectivity index (χ1v) is 8.73. The summed E-state index contributed by atoms with van der Waals surface area (Å²) in [5.74, 6) is -0.230. The van der Waals surface area contributed by atoms with Gasteiger partial charge < -0.3 is 15.1 Å². The normalized spacial score (nSPS) is 14.5. The van der Waals surface area contributed by atoms with Gasteiger partial charge in [-0.15, -0.1) is 0 Å². The van der Waals surface area contributed by atoms with Crippen molar-refractivity contribution in [2.24, 2.45) is 0 Å². The summed E-state index contributed by atoms with van der Waals surface area (Å²) in [5.41, 5.74) is 4.15. The molecule has 0 spiro atoms. The molecular formula is C20H24FN3O. The lowest BCUT2D eigenvalue weighted by atomic mass is 10.1. The van der Waals surface area contributed by atoms with Crippen LogP contribution in [0, 0.1) is 12.7 Å². The zero-order valence-corrected chi connectivity index (χ0v) is 14.8. The molecule has 1 N–H and O–H groups in total. The fourth-order valence-electron chi connectivity index (χ4n) is 3.21. The SMILES string of the molecule is CCc1cccc(C)c1NC(=O)N1CCN(c2ccc(F)cc2)CC1. The molecule has 25 heavy (non-hydrogen) atoms. The Balaban J connectivity index is 1.61. The molecule has 3 rings (SSSR count). The summed E-state index contributed by atoms with van der Waals surface area (Å²) in [6, 6.07) is 12.5. The van der Waals surface area contributed by atoms with Crippen molar-refractivity contribution < 1.29 is 9.18 Å². The van der Waals surface area contributed by atoms with E-state index >= 15 is 0 Å². The van der Waals surface area contributed by atoms with Gasteiger partial charge in [-0.1, -0.05) is 25.1 Å². The minimum Gasteiger partial charge on any atom is -0.368 e. The molecular weight excluding hydrogens is 317 g/mol. The number of benzene rings is 2. The number of halogens is 1. The molecule has 0 unspecified atom stereocenters. The standard InChI is InChI=1S/C20H24FN3O/c1-3-16-6-4-5-15(2)19(16)22-20(25)24-13-11-23(12-14-24)18-9-7-17(21)8-10-18/h4-10H,3,11-14H2,1-2H3,(H,22,25). The summed E-state index contributed by atoms with van der Waals surface area (Å²) in [6.45, 7) is 6.89. The van der Waals surface area contributed by atoms with Crippen molar-refractivity contribution >= 4 is 17.4 Å². The van der Waals surface area contributed by atoms with Gasteiger partial charge in [0.05, 0.1) is 0 Å². The summed E-state index contributed by atoms with van der Waals surface area (Å²) in [4.78, 5) is 16.6. The average molecular weight is 341 g/mol. The third-order valence-corrected chi connectivity index (χ3v) is 4.73. The lowest BCUT2D eigenvalue weighted by Crippen LogP contribution is -2.50. The second-order valence-electron chi connectivity index (χ2n) is 6.34. The Hall–Kier alpha value is -2.56. The van der Waals surface area contributed by atoms with Gasteiger partial charge in [-0.2, -0.15) is 0 Å². The summed E-state index contributed by atoms with van der Waals surface area (Å²) in [7, 11) is 0. The molecule has 0 aliphatic carbocycles. The van der Waals surface area contributed by atoms with Gasteiger partial charge in [0.15, 0.2) is 0 Å². The fourth-order valence-corrected chi connectivity index (χ4v) is 3.21. The third-order valence-electron chi connectivity index (χ3n) is 4.73. The van der Waals surface area contributed by atoms with Crippen molar-refractivity contribution in [2.75, 3.05) is 36.4 Å². The van der Waals surface area contributed by atoms with Gasteiger partial charge in [-0.05, 0) is 48.7 Å². The van der Waals surface area contributed by atoms with E-state index in [0.29, 0.717) is 13.1 Å². The van der Waals surface area contributed by atoms with E-state index in [0.717, 1.165) is 42.0 Å². The lowest BCUT2D eigenvalue weighted by Gasteiger charge is -2.36. The van der Waals surface area contributed by atoms with Crippen LogP contribution < -0.4 is 10.2 Å². The molecule has 0 aromatic heterocycles. The van der Waals surface area contributed by atoms with Crippen LogP contribution in [-0.4, -0.2) is 37.1 Å². The van der Waals surface area contributed by atoms with Crippen LogP contribution in [0.4, 0.5) is 20.6 Å². The Bertz CT molecular complexity index is 737. The van der Waals surface area contributed by atoms with Crippen molar-refractivity contribution in [2.45, 2.75) is 20.3 Å². The number of nitrogens with one attached hydrogen (secondary N) is 1. The van der Waals surface area contributed by atoms with Gasteiger partial charge >= 0.3 is 6.03 Å². The van der Waals surface area contributed by atoms with E-state index in [9.17, 15) is 9.18 Å². The van der Waals surface area contributed by atoms with Crippen LogP contribution in [0.15, 0.2) is 42.5 Å². The summed E-state index contributed by atoms with van der Waals surface area (Å²) >= 11 is 0. The van der Waals surface area contributed by atoms with E-state index in [-0.39, 0.29) is 11.8 Å². The number of carbonyl (C=O) groups is 1. The van der Waals surface area contributed by atoms with Crippen molar-refractivity contribution in [1.82, 2.24) is 4.90 Å². The minimum atomic E-state index is -0.230. The second-order valence-corrected chi connectivity index (χ2v) is 6.34. The van der Waals surface area contributed by atoms with E-state index < -0.39 is 0 Å². The fraction of sp³-hybridized carbons (Fsp3) is 0.350. The molecule has 5 heteroatoms. The van der Waals surface area contributed by atoms with Crippen LogP contribution in [0.25, 0.3) is 0 Å². The maximum Gasteiger partial charge on any atom is 0.321 e. The van der Waals surface area contributed by atoms with Gasteiger partial charge in [0, 0.05) is 37.6 Å². The Labute approximate surface area is 148 Å². The van der Waals surface area contributed by atoms with Gasteiger partial charge in [0.2, 0.25) is 0 Å². The Morgan fingerprint density at radius 3 is 2.40 bits per heavy atom. The first-order chi connectivity index (χ1) is 12.1. The molecule has 0 bridgehead atoms. The molecule has 132 valence electrons. The van der Waals surface area contributed by atoms with Crippen LogP contribution in [0.2, 0.25) is 0 Å². The Morgan fingerprint density at radius 1 is 1.08 bits per heavy atom. The highest BCUT2D eigenvalue weighted by Crippen LogP contribution is 2.22. The molecule has 1 aliphatic heterocycles. The van der Waals surface area contributed by atoms with Crippen molar-refractivity contribution in [3.8, 4) is 0 Å². The topological polar surface area (TPSA) is 35.6 Å². The first kappa shape index (κ1) is 17.3. The highest BCUT2D eigenvalue weighted by molar-refractivity contribution is 5.91. The Morgan fingerprint density at radius 2 is 1.76 bits per heavy atom. The highest BCUT2D eigenvalue weighted by Gasteiger charge is 2.22. The molecule has 2 amide bonds. The molecule has 4 nitrogen and oxygen atoms in total. The number of rotatable bonds is 3. The molecule has 2 aromatic carbocycles. The average Bonchev–Trinajstić information content (AvgIpc) is 2.64. The van der Waals surface area contributed by atoms with Crippen LogP contribution in [-0.2, 0) is 6.42 Å². The molecule has 1 heterocycles. The minimum absolute atomic E-state index is 0.0530. The third kappa shape index (κ3) is 3.92. The number of nitrogens with zero attached hydrogens (tertiary/aromatic N) is 2. The monoisotopic (exact) mass is 341 g/mol. The van der Waals surface area contributed by atoms with Crippen LogP contribution in [0.3, 0.4) is 0 Å².